The van der Waals surface area contributed by atoms with E-state index in [0.717, 1.165) is 72.6 Å². The van der Waals surface area contributed by atoms with Crippen LogP contribution in [0.25, 0.3) is 49.9 Å². The molecule has 59 heavy (non-hydrogen) atoms. The molecule has 0 aliphatic carbocycles. The average Bonchev–Trinajstić information content (AvgIpc) is 3.57. The van der Waals surface area contributed by atoms with Crippen molar-refractivity contribution in [2.24, 2.45) is 0 Å². The Morgan fingerprint density at radius 3 is 2.17 bits per heavy atom. The maximum absolute atomic E-state index is 10.7. The summed E-state index contributed by atoms with van der Waals surface area (Å²) in [7, 11) is 4.44. The van der Waals surface area contributed by atoms with E-state index in [2.05, 4.69) is 110 Å². The topological polar surface area (TPSA) is 62.5 Å². The number of phenols is 1. The number of hydrogen-bond donors (Lipinski definition) is 2. The molecule has 0 fully saturated rings. The number of hydrogen-bond acceptors (Lipinski definition) is 5. The Labute approximate surface area is 359 Å². The Hall–Kier alpha value is -6.62. The Bertz CT molecular complexity index is 2930. The van der Waals surface area contributed by atoms with E-state index in [9.17, 15) is 5.11 Å². The summed E-state index contributed by atoms with van der Waals surface area (Å²) in [5.41, 5.74) is 10.2. The molecule has 0 aliphatic heterocycles. The van der Waals surface area contributed by atoms with Gasteiger partial charge in [0.05, 0.1) is 5.69 Å². The minimum atomic E-state index is -0.0487. The first-order valence-electron chi connectivity index (χ1n) is 19.3. The number of rotatable bonds is 9. The molecule has 294 valence electrons. The predicted molar refractivity (Wildman–Crippen MR) is 238 cm³/mol. The number of aromatic nitrogens is 2. The average molecular weight is 949 g/mol. The van der Waals surface area contributed by atoms with Gasteiger partial charge in [0, 0.05) is 66.8 Å². The van der Waals surface area contributed by atoms with Crippen molar-refractivity contribution in [2.45, 2.75) is 26.2 Å². The number of anilines is 4. The molecule has 0 amide bonds. The van der Waals surface area contributed by atoms with Crippen molar-refractivity contribution < 1.29 is 30.9 Å². The van der Waals surface area contributed by atoms with Crippen LogP contribution < -0.4 is 15.0 Å². The van der Waals surface area contributed by atoms with Gasteiger partial charge < -0.3 is 24.6 Å². The minimum absolute atomic E-state index is 0. The zero-order valence-electron chi connectivity index (χ0n) is 32.9. The summed E-state index contributed by atoms with van der Waals surface area (Å²) in [6.07, 6.45) is 1.89. The van der Waals surface area contributed by atoms with Crippen LogP contribution >= 0.6 is 0 Å². The van der Waals surface area contributed by atoms with Gasteiger partial charge in [-0.15, -0.1) is 35.7 Å². The summed E-state index contributed by atoms with van der Waals surface area (Å²) >= 11 is 0. The fourth-order valence-electron chi connectivity index (χ4n) is 7.47. The molecule has 0 unspecified atom stereocenters. The van der Waals surface area contributed by atoms with Gasteiger partial charge in [-0.25, -0.2) is 4.98 Å². The third-order valence-electron chi connectivity index (χ3n) is 10.4. The van der Waals surface area contributed by atoms with Gasteiger partial charge in [0.15, 0.2) is 0 Å². The van der Waals surface area contributed by atoms with Crippen molar-refractivity contribution in [3.05, 3.63) is 195 Å². The van der Waals surface area contributed by atoms with Crippen LogP contribution in [-0.2, 0) is 26.5 Å². The van der Waals surface area contributed by atoms with E-state index in [-0.39, 0.29) is 32.2 Å². The summed E-state index contributed by atoms with van der Waals surface area (Å²) in [6, 6.07) is 61.4. The van der Waals surface area contributed by atoms with Gasteiger partial charge >= 0.3 is 0 Å². The van der Waals surface area contributed by atoms with E-state index in [1.165, 1.54) is 5.56 Å². The second kappa shape index (κ2) is 16.3. The van der Waals surface area contributed by atoms with Gasteiger partial charge in [0.2, 0.25) is 0 Å². The van der Waals surface area contributed by atoms with Crippen LogP contribution in [0.4, 0.5) is 22.7 Å². The molecule has 2 aromatic heterocycles. The maximum Gasteiger partial charge on any atom is 0.135 e. The molecule has 9 aromatic rings. The monoisotopic (exact) mass is 948 g/mol. The first kappa shape index (κ1) is 39.2. The SMILES string of the molecule is [CH2-]N(c1ccccc1Nc1[c-]c(Oc2[c-]c3c(cc2)c2cc(-c4ccccc4)ccc2n3-c2cc(C(C)(C)C)ccn2)ccc1)c1ccccc1-c1ccccc1O.[Pt]. The van der Waals surface area contributed by atoms with Crippen molar-refractivity contribution in [3.63, 3.8) is 0 Å². The van der Waals surface area contributed by atoms with Crippen LogP contribution in [0.5, 0.6) is 17.2 Å². The molecule has 0 bridgehead atoms. The summed E-state index contributed by atoms with van der Waals surface area (Å²) in [6.45, 7) is 6.65. The number of para-hydroxylation sites is 4. The van der Waals surface area contributed by atoms with Gasteiger partial charge in [-0.1, -0.05) is 123 Å². The van der Waals surface area contributed by atoms with Crippen molar-refractivity contribution in [3.8, 4) is 45.3 Å². The Morgan fingerprint density at radius 2 is 1.37 bits per heavy atom. The molecule has 0 radical (unpaired) electrons. The number of fused-ring (bicyclic) bond motifs is 3. The van der Waals surface area contributed by atoms with E-state index < -0.39 is 0 Å². The molecule has 2 N–H and O–H groups in total. The number of nitrogens with one attached hydrogen (secondary N) is 1. The number of nitrogens with zero attached hydrogens (tertiary/aromatic N) is 3. The molecule has 0 saturated heterocycles. The van der Waals surface area contributed by atoms with E-state index in [4.69, 9.17) is 9.72 Å². The normalized spacial score (nSPS) is 11.3. The van der Waals surface area contributed by atoms with Crippen molar-refractivity contribution in [1.29, 1.82) is 0 Å². The van der Waals surface area contributed by atoms with Crippen molar-refractivity contribution >= 4 is 44.6 Å². The molecule has 7 aromatic carbocycles. The van der Waals surface area contributed by atoms with Gasteiger partial charge in [-0.2, -0.15) is 12.1 Å². The van der Waals surface area contributed by atoms with Crippen molar-refractivity contribution in [1.82, 2.24) is 9.55 Å². The fraction of sp³-hybridized carbons (Fsp3) is 0.0769. The first-order chi connectivity index (χ1) is 28.2. The zero-order chi connectivity index (χ0) is 39.8. The van der Waals surface area contributed by atoms with E-state index in [1.54, 1.807) is 6.07 Å². The molecule has 2 heterocycles. The van der Waals surface area contributed by atoms with E-state index in [0.29, 0.717) is 11.5 Å². The minimum Gasteiger partial charge on any atom is -0.509 e. The van der Waals surface area contributed by atoms with Crippen LogP contribution in [0.2, 0.25) is 0 Å². The van der Waals surface area contributed by atoms with Gasteiger partial charge in [0.1, 0.15) is 11.6 Å². The second-order valence-corrected chi connectivity index (χ2v) is 15.3. The largest absolute Gasteiger partial charge is 0.509 e. The zero-order valence-corrected chi connectivity index (χ0v) is 35.2. The molecule has 6 nitrogen and oxygen atoms in total. The van der Waals surface area contributed by atoms with E-state index >= 15 is 0 Å². The predicted octanol–water partition coefficient (Wildman–Crippen LogP) is 13.6. The Kier molecular flexibility index (Phi) is 10.8. The quantitative estimate of drug-likeness (QED) is 0.141. The van der Waals surface area contributed by atoms with Gasteiger partial charge in [-0.05, 0) is 70.0 Å². The summed E-state index contributed by atoms with van der Waals surface area (Å²) in [5.74, 6) is 2.14. The maximum atomic E-state index is 10.7. The fourth-order valence-corrected chi connectivity index (χ4v) is 7.47. The first-order valence-corrected chi connectivity index (χ1v) is 19.3. The molecule has 0 aliphatic rings. The molecule has 7 heteroatoms. The molecular formula is C52H41N4O2Pt-3. The summed E-state index contributed by atoms with van der Waals surface area (Å²) < 4.78 is 8.70. The molecule has 0 atom stereocenters. The molecule has 9 rings (SSSR count). The van der Waals surface area contributed by atoms with E-state index in [1.807, 2.05) is 108 Å². The number of ether oxygens (including phenoxy) is 1. The van der Waals surface area contributed by atoms with Crippen molar-refractivity contribution in [2.75, 3.05) is 10.2 Å². The third kappa shape index (κ3) is 7.84. The van der Waals surface area contributed by atoms with Crippen LogP contribution in [0.3, 0.4) is 0 Å². The number of benzene rings is 7. The number of phenolic OH excluding ortho intramolecular Hbond substituents is 1. The molecule has 0 saturated carbocycles. The molecule has 0 spiro atoms. The third-order valence-corrected chi connectivity index (χ3v) is 10.4. The Balaban J connectivity index is 0.00000484. The van der Waals surface area contributed by atoms with Crippen LogP contribution in [0.1, 0.15) is 26.3 Å². The Morgan fingerprint density at radius 1 is 0.661 bits per heavy atom. The molecular weight excluding hydrogens is 908 g/mol. The van der Waals surface area contributed by atoms with Crippen LogP contribution in [0, 0.1) is 19.2 Å². The second-order valence-electron chi connectivity index (χ2n) is 15.3. The van der Waals surface area contributed by atoms with Crippen LogP contribution in [-0.4, -0.2) is 14.7 Å². The summed E-state index contributed by atoms with van der Waals surface area (Å²) in [5, 5.41) is 16.4. The smallest absolute Gasteiger partial charge is 0.135 e. The van der Waals surface area contributed by atoms with Gasteiger partial charge in [0.25, 0.3) is 0 Å². The van der Waals surface area contributed by atoms with Gasteiger partial charge in [-0.3, -0.25) is 7.05 Å². The summed E-state index contributed by atoms with van der Waals surface area (Å²) in [4.78, 5) is 6.75. The van der Waals surface area contributed by atoms with Crippen LogP contribution in [0.15, 0.2) is 170 Å². The number of pyridine rings is 1. The number of aromatic hydroxyl groups is 1. The standard InChI is InChI=1S/C52H41N4O2.Pt/c1-52(2,3)37-29-30-53-51(32-37)56-47-28-25-36(35-15-6-5-7-16-35)31-44(47)42-27-26-40(34-49(42)56)58-39-18-14-17-38(33-39)54-45-21-10-12-23-48(45)55(4)46-22-11-8-19-41(46)43-20-9-13-24-50(43)57;/h5-32,54,57H,4H2,1-3H3;/q-3;.